The molecule has 1 aliphatic heterocycles. The lowest BCUT2D eigenvalue weighted by atomic mass is 10.6. The van der Waals surface area contributed by atoms with Crippen molar-refractivity contribution in [2.75, 3.05) is 0 Å². The third-order valence-electron chi connectivity index (χ3n) is 0.417. The maximum Gasteiger partial charge on any atom is -0.0189 e. The number of hydrogen-bond acceptors (Lipinski definition) is 1. The summed E-state index contributed by atoms with van der Waals surface area (Å²) in [4.78, 5) is 0. The Labute approximate surface area is 50.4 Å². The van der Waals surface area contributed by atoms with E-state index < -0.39 is 0 Å². The van der Waals surface area contributed by atoms with Crippen LogP contribution in [0, 0.1) is 0 Å². The van der Waals surface area contributed by atoms with E-state index in [2.05, 4.69) is 21.6 Å². The zero-order chi connectivity index (χ0) is 4.24. The molecule has 6 heavy (non-hydrogen) atoms. The molecule has 0 spiro atoms. The second kappa shape index (κ2) is 2.69. The maximum absolute atomic E-state index is 2.25. The highest BCUT2D eigenvalue weighted by Crippen LogP contribution is 2.34. The second-order valence-corrected chi connectivity index (χ2v) is 5.22. The van der Waals surface area contributed by atoms with Gasteiger partial charge >= 0.3 is 0 Å². The molecule has 1 radical (unpaired) electrons. The Bertz CT molecular complexity index is 73.5. The van der Waals surface area contributed by atoms with Crippen LogP contribution in [0.4, 0.5) is 0 Å². The van der Waals surface area contributed by atoms with E-state index in [9.17, 15) is 0 Å². The van der Waals surface area contributed by atoms with Crippen LogP contribution in [0.2, 0.25) is 0 Å². The van der Waals surface area contributed by atoms with Gasteiger partial charge in [0.05, 0.1) is 0 Å². The van der Waals surface area contributed by atoms with Gasteiger partial charge in [-0.3, -0.25) is 0 Å². The molecule has 0 amide bonds. The van der Waals surface area contributed by atoms with Crippen molar-refractivity contribution < 1.29 is 0 Å². The van der Waals surface area contributed by atoms with E-state index in [-0.39, 0.29) is 0 Å². The Balaban J connectivity index is 2.46. The summed E-state index contributed by atoms with van der Waals surface area (Å²) in [6.45, 7) is 0. The molecule has 33 valence electrons. The minimum absolute atomic E-state index is 0.364. The topological polar surface area (TPSA) is 0 Å². The van der Waals surface area contributed by atoms with Gasteiger partial charge in [-0.05, 0) is 29.3 Å². The summed E-state index contributed by atoms with van der Waals surface area (Å²) in [5, 5.41) is 2.15. The molecule has 0 aromatic carbocycles. The van der Waals surface area contributed by atoms with E-state index in [1.54, 1.807) is 0 Å². The van der Waals surface area contributed by atoms with Gasteiger partial charge in [-0.2, -0.15) is 0 Å². The Morgan fingerprint density at radius 1 is 1.33 bits per heavy atom. The van der Waals surface area contributed by atoms with Crippen LogP contribution in [0.25, 0.3) is 0 Å². The van der Waals surface area contributed by atoms with Crippen LogP contribution in [0.1, 0.15) is 0 Å². The summed E-state index contributed by atoms with van der Waals surface area (Å²) in [6.07, 6.45) is 4.19. The molecule has 0 aromatic rings. The Hall–Kier alpha value is 0.560. The lowest BCUT2D eigenvalue weighted by Crippen LogP contribution is -1.46. The molecule has 0 aromatic heterocycles. The van der Waals surface area contributed by atoms with Gasteiger partial charge in [0, 0.05) is 0 Å². The van der Waals surface area contributed by atoms with Gasteiger partial charge in [0.2, 0.25) is 0 Å². The van der Waals surface area contributed by atoms with Gasteiger partial charge < -0.3 is 0 Å². The van der Waals surface area contributed by atoms with Crippen LogP contribution < -0.4 is 0 Å². The van der Waals surface area contributed by atoms with E-state index in [4.69, 9.17) is 0 Å². The Morgan fingerprint density at radius 2 is 2.33 bits per heavy atom. The molecule has 0 bridgehead atoms. The van der Waals surface area contributed by atoms with Crippen molar-refractivity contribution >= 4 is 28.8 Å². The van der Waals surface area contributed by atoms with E-state index >= 15 is 0 Å². The molecule has 1 heterocycles. The molecule has 0 unspecified atom stereocenters. The molecule has 0 atom stereocenters. The van der Waals surface area contributed by atoms with Gasteiger partial charge in [0.1, 0.15) is 0 Å². The van der Waals surface area contributed by atoms with E-state index in [0.717, 1.165) is 0 Å². The Kier molecular flexibility index (Phi) is 2.11. The summed E-state index contributed by atoms with van der Waals surface area (Å²) in [5.41, 5.74) is 0. The highest BCUT2D eigenvalue weighted by molar-refractivity contribution is 14.3. The number of halogens is 1. The van der Waals surface area contributed by atoms with Crippen LogP contribution in [-0.2, 0) is 0 Å². The molecule has 0 N–H and O–H groups in total. The average molecular weight is 211 g/mol. The predicted molar refractivity (Wildman–Crippen MR) is 39.9 cm³/mol. The summed E-state index contributed by atoms with van der Waals surface area (Å²) < 4.78 is 2.25. The zero-order valence-corrected chi connectivity index (χ0v) is 6.07. The first kappa shape index (κ1) is 4.71. The van der Waals surface area contributed by atoms with Crippen molar-refractivity contribution in [2.24, 2.45) is 0 Å². The zero-order valence-electron chi connectivity index (χ0n) is 3.10. The van der Waals surface area contributed by atoms with Gasteiger partial charge in [-0.1, -0.05) is 21.1 Å². The summed E-state index contributed by atoms with van der Waals surface area (Å²) in [7, 11) is 1.94. The quantitative estimate of drug-likeness (QED) is 0.555. The Morgan fingerprint density at radius 3 is 2.50 bits per heavy atom. The van der Waals surface area contributed by atoms with Crippen LogP contribution in [0.5, 0.6) is 0 Å². The van der Waals surface area contributed by atoms with E-state index in [1.807, 2.05) is 8.93 Å². The van der Waals surface area contributed by atoms with Crippen molar-refractivity contribution in [3.8, 4) is 0 Å². The minimum atomic E-state index is 0.364. The van der Waals surface area contributed by atoms with Gasteiger partial charge in [0.25, 0.3) is 0 Å². The number of hydrogen-bond donors (Lipinski definition) is 0. The van der Waals surface area contributed by atoms with Crippen molar-refractivity contribution in [3.05, 3.63) is 21.6 Å². The molecule has 0 nitrogen and oxygen atoms in total. The fraction of sp³-hybridized carbons (Fsp3) is 0. The SMILES string of the molecule is C1=CS[I]C=C1. The number of allylic oxidation sites excluding steroid dienone is 2. The number of rotatable bonds is 0. The molecular formula is C4H4IS. The van der Waals surface area contributed by atoms with Crippen LogP contribution in [-0.4, -0.2) is 0 Å². The van der Waals surface area contributed by atoms with Gasteiger partial charge in [-0.15, -0.1) is 0 Å². The fourth-order valence-corrected chi connectivity index (χ4v) is 2.81. The first-order chi connectivity index (χ1) is 3.00. The average Bonchev–Trinajstić information content (AvgIpc) is 1.72. The molecule has 0 saturated carbocycles. The highest BCUT2D eigenvalue weighted by Gasteiger charge is 1.78. The van der Waals surface area contributed by atoms with Crippen LogP contribution in [0.15, 0.2) is 21.6 Å². The first-order valence-corrected chi connectivity index (χ1v) is 6.28. The lowest BCUT2D eigenvalue weighted by Gasteiger charge is -1.87. The van der Waals surface area contributed by atoms with Gasteiger partial charge in [0.15, 0.2) is 0 Å². The molecule has 2 heteroatoms. The smallest absolute Gasteiger partial charge is 0.0189 e. The van der Waals surface area contributed by atoms with Crippen molar-refractivity contribution in [2.45, 2.75) is 0 Å². The molecular weight excluding hydrogens is 207 g/mol. The fourth-order valence-electron chi connectivity index (χ4n) is 0.206. The molecule has 0 fully saturated rings. The summed E-state index contributed by atoms with van der Waals surface area (Å²) in [6, 6.07) is 0. The van der Waals surface area contributed by atoms with E-state index in [0.29, 0.717) is 19.8 Å². The minimum Gasteiger partial charge on any atom is -0.0670 e. The monoisotopic (exact) mass is 211 g/mol. The lowest BCUT2D eigenvalue weighted by molar-refractivity contribution is 2.11. The third kappa shape index (κ3) is 1.34. The first-order valence-electron chi connectivity index (χ1n) is 1.61. The standard InChI is InChI=1S/C4H4IS/c1-2-4-6-5-3-1/h1-4H. The largest absolute Gasteiger partial charge is 0.0670 e. The van der Waals surface area contributed by atoms with Crippen LogP contribution >= 0.6 is 28.8 Å². The van der Waals surface area contributed by atoms with Crippen LogP contribution in [0.3, 0.4) is 0 Å². The maximum atomic E-state index is 2.25. The van der Waals surface area contributed by atoms with Crippen molar-refractivity contribution in [1.29, 1.82) is 0 Å². The summed E-state index contributed by atoms with van der Waals surface area (Å²) in [5.74, 6) is 0. The second-order valence-electron chi connectivity index (χ2n) is 0.825. The van der Waals surface area contributed by atoms with Crippen molar-refractivity contribution in [1.82, 2.24) is 0 Å². The molecule has 0 aliphatic carbocycles. The summed E-state index contributed by atoms with van der Waals surface area (Å²) >= 11 is 0.364. The molecule has 1 aliphatic rings. The normalized spacial score (nSPS) is 18.7. The van der Waals surface area contributed by atoms with Gasteiger partial charge in [-0.25, -0.2) is 0 Å². The molecule has 1 rings (SSSR count). The van der Waals surface area contributed by atoms with Crippen molar-refractivity contribution in [3.63, 3.8) is 0 Å². The molecule has 0 saturated heterocycles. The predicted octanol–water partition coefficient (Wildman–Crippen LogP) is 2.65. The third-order valence-corrected chi connectivity index (χ3v) is 3.94. The van der Waals surface area contributed by atoms with E-state index in [1.165, 1.54) is 0 Å². The highest BCUT2D eigenvalue weighted by atomic mass is 127.